The topological polar surface area (TPSA) is 64.8 Å². The molecule has 0 heterocycles. The third kappa shape index (κ3) is 5.23. The standard InChI is InChI=1S/C20H30N2O3/c1-13(2)18-11-6-15(5)12-19(18)25-20(23)24-17-9-7-16(8-10-17)22(21)14(3)4/h7-10,13,15,18-19H,3,6,11-12,21H2,1-2,4-5H3. The van der Waals surface area contributed by atoms with Crippen molar-refractivity contribution in [2.45, 2.75) is 53.1 Å². The molecule has 0 bridgehead atoms. The van der Waals surface area contributed by atoms with Gasteiger partial charge >= 0.3 is 6.16 Å². The molecule has 1 aliphatic carbocycles. The molecule has 0 spiro atoms. The van der Waals surface area contributed by atoms with Gasteiger partial charge in [-0.1, -0.05) is 33.8 Å². The van der Waals surface area contributed by atoms with Crippen molar-refractivity contribution < 1.29 is 14.3 Å². The molecule has 138 valence electrons. The van der Waals surface area contributed by atoms with E-state index in [-0.39, 0.29) is 6.10 Å². The van der Waals surface area contributed by atoms with Gasteiger partial charge in [-0.2, -0.15) is 0 Å². The van der Waals surface area contributed by atoms with Crippen LogP contribution in [-0.4, -0.2) is 12.3 Å². The maximum Gasteiger partial charge on any atom is 0.514 e. The van der Waals surface area contributed by atoms with Gasteiger partial charge < -0.3 is 9.47 Å². The SMILES string of the molecule is C=C(C)N(N)c1ccc(OC(=O)OC2CC(C)CCC2C(C)C)cc1. The Kier molecular flexibility index (Phi) is 6.48. The zero-order chi connectivity index (χ0) is 18.6. The van der Waals surface area contributed by atoms with Crippen LogP contribution in [0.15, 0.2) is 36.5 Å². The maximum absolute atomic E-state index is 12.2. The van der Waals surface area contributed by atoms with E-state index in [0.717, 1.165) is 24.2 Å². The number of nitrogens with zero attached hydrogens (tertiary/aromatic N) is 1. The first-order valence-electron chi connectivity index (χ1n) is 8.96. The molecule has 0 saturated heterocycles. The van der Waals surface area contributed by atoms with Gasteiger partial charge in [-0.3, -0.25) is 5.01 Å². The Morgan fingerprint density at radius 1 is 1.28 bits per heavy atom. The zero-order valence-electron chi connectivity index (χ0n) is 15.7. The Morgan fingerprint density at radius 2 is 1.92 bits per heavy atom. The Labute approximate surface area is 150 Å². The van der Waals surface area contributed by atoms with Crippen LogP contribution < -0.4 is 15.6 Å². The monoisotopic (exact) mass is 346 g/mol. The summed E-state index contributed by atoms with van der Waals surface area (Å²) in [6.45, 7) is 12.2. The van der Waals surface area contributed by atoms with E-state index in [0.29, 0.717) is 23.5 Å². The van der Waals surface area contributed by atoms with Crippen LogP contribution in [0.5, 0.6) is 5.75 Å². The highest BCUT2D eigenvalue weighted by Gasteiger charge is 2.33. The maximum atomic E-state index is 12.2. The van der Waals surface area contributed by atoms with E-state index in [1.807, 2.05) is 6.92 Å². The highest BCUT2D eigenvalue weighted by atomic mass is 16.7. The number of carbonyl (C=O) groups excluding carboxylic acids is 1. The fourth-order valence-corrected chi connectivity index (χ4v) is 3.39. The van der Waals surface area contributed by atoms with Crippen LogP contribution in [0.2, 0.25) is 0 Å². The summed E-state index contributed by atoms with van der Waals surface area (Å²) in [6.07, 6.45) is 2.48. The molecule has 0 radical (unpaired) electrons. The summed E-state index contributed by atoms with van der Waals surface area (Å²) in [4.78, 5) is 12.2. The van der Waals surface area contributed by atoms with Gasteiger partial charge in [-0.05, 0) is 61.8 Å². The van der Waals surface area contributed by atoms with Gasteiger partial charge in [0.25, 0.3) is 0 Å². The molecule has 5 heteroatoms. The molecule has 3 unspecified atom stereocenters. The number of nitrogens with two attached hydrogens (primary N) is 1. The van der Waals surface area contributed by atoms with Crippen LogP contribution in [0.3, 0.4) is 0 Å². The largest absolute Gasteiger partial charge is 0.514 e. The van der Waals surface area contributed by atoms with Gasteiger partial charge in [0, 0.05) is 5.70 Å². The molecule has 2 rings (SSSR count). The minimum atomic E-state index is -0.637. The molecule has 1 fully saturated rings. The molecule has 1 aromatic rings. The molecular weight excluding hydrogens is 316 g/mol. The molecule has 1 saturated carbocycles. The van der Waals surface area contributed by atoms with Crippen LogP contribution in [0.4, 0.5) is 10.5 Å². The minimum absolute atomic E-state index is 0.0709. The first kappa shape index (κ1) is 19.3. The number of anilines is 1. The average molecular weight is 346 g/mol. The number of ether oxygens (including phenoxy) is 2. The van der Waals surface area contributed by atoms with Gasteiger partial charge in [0.2, 0.25) is 0 Å². The summed E-state index contributed by atoms with van der Waals surface area (Å²) in [6, 6.07) is 6.94. The van der Waals surface area contributed by atoms with Gasteiger partial charge in [0.05, 0.1) is 5.69 Å². The number of benzene rings is 1. The number of carbonyl (C=O) groups is 1. The predicted octanol–water partition coefficient (Wildman–Crippen LogP) is 4.88. The van der Waals surface area contributed by atoms with Crippen molar-refractivity contribution in [2.24, 2.45) is 23.6 Å². The lowest BCUT2D eigenvalue weighted by Gasteiger charge is -2.36. The zero-order valence-corrected chi connectivity index (χ0v) is 15.7. The molecule has 0 aromatic heterocycles. The van der Waals surface area contributed by atoms with Gasteiger partial charge in [0.1, 0.15) is 11.9 Å². The Balaban J connectivity index is 1.96. The number of allylic oxidation sites excluding steroid dienone is 1. The van der Waals surface area contributed by atoms with Gasteiger partial charge in [0.15, 0.2) is 0 Å². The molecule has 1 aliphatic rings. The van der Waals surface area contributed by atoms with Crippen LogP contribution in [-0.2, 0) is 4.74 Å². The molecule has 1 aromatic carbocycles. The number of hydrogen-bond donors (Lipinski definition) is 1. The van der Waals surface area contributed by atoms with Crippen molar-refractivity contribution in [3.63, 3.8) is 0 Å². The number of hydrogen-bond acceptors (Lipinski definition) is 5. The highest BCUT2D eigenvalue weighted by Crippen LogP contribution is 2.35. The average Bonchev–Trinajstić information content (AvgIpc) is 2.54. The van der Waals surface area contributed by atoms with Crippen LogP contribution in [0.1, 0.15) is 47.0 Å². The van der Waals surface area contributed by atoms with E-state index in [1.54, 1.807) is 24.3 Å². The number of rotatable bonds is 5. The van der Waals surface area contributed by atoms with Gasteiger partial charge in [-0.15, -0.1) is 0 Å². The summed E-state index contributed by atoms with van der Waals surface area (Å²) >= 11 is 0. The van der Waals surface area contributed by atoms with Crippen molar-refractivity contribution in [1.82, 2.24) is 0 Å². The Bertz CT molecular complexity index is 597. The van der Waals surface area contributed by atoms with E-state index in [4.69, 9.17) is 15.3 Å². The lowest BCUT2D eigenvalue weighted by atomic mass is 9.75. The van der Waals surface area contributed by atoms with Gasteiger partial charge in [-0.25, -0.2) is 10.6 Å². The fourth-order valence-electron chi connectivity index (χ4n) is 3.39. The van der Waals surface area contributed by atoms with Crippen molar-refractivity contribution in [3.05, 3.63) is 36.5 Å². The van der Waals surface area contributed by atoms with Crippen LogP contribution >= 0.6 is 0 Å². The van der Waals surface area contributed by atoms with E-state index in [1.165, 1.54) is 11.4 Å². The third-order valence-electron chi connectivity index (χ3n) is 4.94. The third-order valence-corrected chi connectivity index (χ3v) is 4.94. The summed E-state index contributed by atoms with van der Waals surface area (Å²) in [7, 11) is 0. The van der Waals surface area contributed by atoms with Crippen molar-refractivity contribution in [3.8, 4) is 5.75 Å². The predicted molar refractivity (Wildman–Crippen MR) is 100 cm³/mol. The van der Waals surface area contributed by atoms with E-state index in [9.17, 15) is 4.79 Å². The Hall–Kier alpha value is -2.01. The molecule has 5 nitrogen and oxygen atoms in total. The van der Waals surface area contributed by atoms with E-state index in [2.05, 4.69) is 27.4 Å². The Morgan fingerprint density at radius 3 is 2.48 bits per heavy atom. The highest BCUT2D eigenvalue weighted by molar-refractivity contribution is 5.64. The van der Waals surface area contributed by atoms with Crippen molar-refractivity contribution >= 4 is 11.8 Å². The molecule has 3 atom stereocenters. The minimum Gasteiger partial charge on any atom is -0.430 e. The molecule has 2 N–H and O–H groups in total. The smallest absolute Gasteiger partial charge is 0.430 e. The molecular formula is C20H30N2O3. The van der Waals surface area contributed by atoms with Crippen LogP contribution in [0, 0.1) is 17.8 Å². The summed E-state index contributed by atoms with van der Waals surface area (Å²) in [5, 5.41) is 1.47. The lowest BCUT2D eigenvalue weighted by Crippen LogP contribution is -2.36. The lowest BCUT2D eigenvalue weighted by molar-refractivity contribution is -0.0136. The van der Waals surface area contributed by atoms with E-state index >= 15 is 0 Å². The van der Waals surface area contributed by atoms with Crippen LogP contribution in [0.25, 0.3) is 0 Å². The number of hydrazine groups is 1. The molecule has 25 heavy (non-hydrogen) atoms. The normalized spacial score (nSPS) is 23.2. The fraction of sp³-hybridized carbons (Fsp3) is 0.550. The van der Waals surface area contributed by atoms with Crippen molar-refractivity contribution in [1.29, 1.82) is 0 Å². The van der Waals surface area contributed by atoms with Crippen molar-refractivity contribution in [2.75, 3.05) is 5.01 Å². The first-order chi connectivity index (χ1) is 11.8. The summed E-state index contributed by atoms with van der Waals surface area (Å²) in [5.41, 5.74) is 1.49. The molecule has 0 amide bonds. The summed E-state index contributed by atoms with van der Waals surface area (Å²) < 4.78 is 11.0. The molecule has 0 aliphatic heterocycles. The first-order valence-corrected chi connectivity index (χ1v) is 8.96. The second kappa shape index (κ2) is 8.39. The second-order valence-corrected chi connectivity index (χ2v) is 7.43. The van der Waals surface area contributed by atoms with E-state index < -0.39 is 6.16 Å². The summed E-state index contributed by atoms with van der Waals surface area (Å²) in [5.74, 6) is 7.77. The quantitative estimate of drug-likeness (QED) is 0.356. The second-order valence-electron chi connectivity index (χ2n) is 7.43.